The Kier molecular flexibility index (Phi) is 3.63. The summed E-state index contributed by atoms with van der Waals surface area (Å²) >= 11 is 18.3. The largest absolute Gasteiger partial charge is 0.302 e. The summed E-state index contributed by atoms with van der Waals surface area (Å²) in [5.74, 6) is 0.360. The third-order valence-electron chi connectivity index (χ3n) is 3.26. The number of imidazole rings is 1. The number of pyridine rings is 1. The van der Waals surface area contributed by atoms with Crippen molar-refractivity contribution in [3.8, 4) is 11.3 Å². The van der Waals surface area contributed by atoms with Gasteiger partial charge in [-0.25, -0.2) is 4.98 Å². The number of aryl methyl sites for hydroxylation is 1. The molecule has 0 amide bonds. The van der Waals surface area contributed by atoms with E-state index in [0.29, 0.717) is 15.9 Å². The number of fused-ring (bicyclic) bond motifs is 1. The molecule has 0 spiro atoms. The first-order chi connectivity index (χ1) is 9.61. The summed E-state index contributed by atoms with van der Waals surface area (Å²) in [6.45, 7) is 2.02. The normalized spacial score (nSPS) is 11.2. The summed E-state index contributed by atoms with van der Waals surface area (Å²) in [5, 5.41) is 1.18. The number of halogens is 3. The molecule has 0 aliphatic rings. The quantitative estimate of drug-likeness (QED) is 0.580. The van der Waals surface area contributed by atoms with E-state index < -0.39 is 0 Å². The maximum Gasteiger partial charge on any atom is 0.140 e. The highest BCUT2D eigenvalue weighted by Gasteiger charge is 2.16. The van der Waals surface area contributed by atoms with Gasteiger partial charge in [0, 0.05) is 16.8 Å². The predicted molar refractivity (Wildman–Crippen MR) is 84.9 cm³/mol. The summed E-state index contributed by atoms with van der Waals surface area (Å²) in [7, 11) is 0. The van der Waals surface area contributed by atoms with Crippen LogP contribution in [-0.2, 0) is 5.88 Å². The molecule has 0 radical (unpaired) electrons. The number of rotatable bonds is 2. The molecular weight excluding hydrogens is 315 g/mol. The second-order valence-electron chi connectivity index (χ2n) is 4.55. The van der Waals surface area contributed by atoms with Crippen LogP contribution in [0, 0.1) is 6.92 Å². The van der Waals surface area contributed by atoms with E-state index in [2.05, 4.69) is 0 Å². The molecule has 0 saturated carbocycles. The molecule has 0 aliphatic carbocycles. The number of hydrogen-bond acceptors (Lipinski definition) is 1. The first kappa shape index (κ1) is 13.7. The Bertz CT molecular complexity index is 793. The second kappa shape index (κ2) is 5.28. The zero-order valence-corrected chi connectivity index (χ0v) is 13.0. The lowest BCUT2D eigenvalue weighted by molar-refractivity contribution is 1.08. The Morgan fingerprint density at radius 3 is 2.70 bits per heavy atom. The molecule has 0 N–H and O–H groups in total. The second-order valence-corrected chi connectivity index (χ2v) is 5.66. The molecule has 20 heavy (non-hydrogen) atoms. The van der Waals surface area contributed by atoms with Crippen molar-refractivity contribution in [3.63, 3.8) is 0 Å². The number of hydrogen-bond donors (Lipinski definition) is 0. The van der Waals surface area contributed by atoms with Crippen molar-refractivity contribution in [2.75, 3.05) is 0 Å². The van der Waals surface area contributed by atoms with Crippen LogP contribution in [0.15, 0.2) is 36.5 Å². The van der Waals surface area contributed by atoms with Crippen molar-refractivity contribution in [2.45, 2.75) is 12.8 Å². The van der Waals surface area contributed by atoms with Crippen LogP contribution in [0.25, 0.3) is 16.9 Å². The van der Waals surface area contributed by atoms with Crippen LogP contribution in [0.4, 0.5) is 0 Å². The maximum absolute atomic E-state index is 6.28. The van der Waals surface area contributed by atoms with Gasteiger partial charge in [-0.3, -0.25) is 0 Å². The fraction of sp³-hybridized carbons (Fsp3) is 0.133. The SMILES string of the molecule is Cc1cccn2c(CCl)c(-c3ccc(Cl)cc3Cl)nc12. The van der Waals surface area contributed by atoms with E-state index in [0.717, 1.165) is 28.2 Å². The minimum absolute atomic E-state index is 0.360. The van der Waals surface area contributed by atoms with Gasteiger partial charge in [-0.1, -0.05) is 29.3 Å². The molecule has 2 nitrogen and oxygen atoms in total. The topological polar surface area (TPSA) is 17.3 Å². The molecule has 0 saturated heterocycles. The first-order valence-electron chi connectivity index (χ1n) is 6.09. The summed E-state index contributed by atoms with van der Waals surface area (Å²) < 4.78 is 2.00. The van der Waals surface area contributed by atoms with E-state index in [-0.39, 0.29) is 0 Å². The average molecular weight is 326 g/mol. The van der Waals surface area contributed by atoms with Crippen molar-refractivity contribution in [1.82, 2.24) is 9.38 Å². The molecule has 2 aromatic heterocycles. The van der Waals surface area contributed by atoms with Gasteiger partial charge in [0.15, 0.2) is 0 Å². The predicted octanol–water partition coefficient (Wildman–Crippen LogP) is 5.36. The van der Waals surface area contributed by atoms with Crippen molar-refractivity contribution >= 4 is 40.4 Å². The van der Waals surface area contributed by atoms with Crippen LogP contribution < -0.4 is 0 Å². The average Bonchev–Trinajstić information content (AvgIpc) is 2.78. The highest BCUT2D eigenvalue weighted by molar-refractivity contribution is 6.36. The fourth-order valence-corrected chi connectivity index (χ4v) is 3.03. The maximum atomic E-state index is 6.28. The van der Waals surface area contributed by atoms with Crippen molar-refractivity contribution in [1.29, 1.82) is 0 Å². The molecule has 2 heterocycles. The van der Waals surface area contributed by atoms with E-state index in [9.17, 15) is 0 Å². The van der Waals surface area contributed by atoms with Crippen LogP contribution in [0.5, 0.6) is 0 Å². The standard InChI is InChI=1S/C15H11Cl3N2/c1-9-3-2-6-20-13(8-16)14(19-15(9)20)11-5-4-10(17)7-12(11)18/h2-7H,8H2,1H3. The van der Waals surface area contributed by atoms with E-state index >= 15 is 0 Å². The van der Waals surface area contributed by atoms with Crippen LogP contribution in [0.3, 0.4) is 0 Å². The molecule has 0 unspecified atom stereocenters. The van der Waals surface area contributed by atoms with E-state index in [1.165, 1.54) is 0 Å². The molecular formula is C15H11Cl3N2. The van der Waals surface area contributed by atoms with Crippen molar-refractivity contribution in [3.05, 3.63) is 57.8 Å². The minimum Gasteiger partial charge on any atom is -0.302 e. The van der Waals surface area contributed by atoms with Gasteiger partial charge in [0.2, 0.25) is 0 Å². The third kappa shape index (κ3) is 2.18. The van der Waals surface area contributed by atoms with Gasteiger partial charge in [0.25, 0.3) is 0 Å². The number of aromatic nitrogens is 2. The summed E-state index contributed by atoms with van der Waals surface area (Å²) in [5.41, 5.74) is 4.56. The molecule has 0 fully saturated rings. The lowest BCUT2D eigenvalue weighted by Gasteiger charge is -2.04. The monoisotopic (exact) mass is 324 g/mol. The summed E-state index contributed by atoms with van der Waals surface area (Å²) in [6.07, 6.45) is 1.96. The Balaban J connectivity index is 2.33. The van der Waals surface area contributed by atoms with Gasteiger partial charge in [-0.2, -0.15) is 0 Å². The third-order valence-corrected chi connectivity index (χ3v) is 4.06. The fourth-order valence-electron chi connectivity index (χ4n) is 2.28. The Labute approximate surface area is 131 Å². The van der Waals surface area contributed by atoms with E-state index in [4.69, 9.17) is 39.8 Å². The van der Waals surface area contributed by atoms with E-state index in [1.807, 2.05) is 35.7 Å². The smallest absolute Gasteiger partial charge is 0.140 e. The molecule has 0 bridgehead atoms. The van der Waals surface area contributed by atoms with Crippen LogP contribution in [0.2, 0.25) is 10.0 Å². The van der Waals surface area contributed by atoms with Gasteiger partial charge in [0.1, 0.15) is 5.65 Å². The number of nitrogens with zero attached hydrogens (tertiary/aromatic N) is 2. The van der Waals surface area contributed by atoms with Crippen LogP contribution in [0.1, 0.15) is 11.3 Å². The van der Waals surface area contributed by atoms with Crippen LogP contribution >= 0.6 is 34.8 Å². The highest BCUT2D eigenvalue weighted by atomic mass is 35.5. The molecule has 0 aliphatic heterocycles. The Morgan fingerprint density at radius 1 is 1.20 bits per heavy atom. The Hall–Kier alpha value is -1.22. The summed E-state index contributed by atoms with van der Waals surface area (Å²) in [6, 6.07) is 9.39. The molecule has 102 valence electrons. The number of alkyl halides is 1. The Morgan fingerprint density at radius 2 is 2.00 bits per heavy atom. The highest BCUT2D eigenvalue weighted by Crippen LogP contribution is 2.33. The molecule has 1 aromatic carbocycles. The number of benzene rings is 1. The van der Waals surface area contributed by atoms with Gasteiger partial charge in [-0.05, 0) is 36.8 Å². The van der Waals surface area contributed by atoms with Crippen LogP contribution in [-0.4, -0.2) is 9.38 Å². The molecule has 0 atom stereocenters. The van der Waals surface area contributed by atoms with Crippen molar-refractivity contribution in [2.24, 2.45) is 0 Å². The molecule has 5 heteroatoms. The molecule has 3 aromatic rings. The summed E-state index contributed by atoms with van der Waals surface area (Å²) in [4.78, 5) is 4.69. The zero-order valence-electron chi connectivity index (χ0n) is 10.7. The van der Waals surface area contributed by atoms with Gasteiger partial charge in [-0.15, -0.1) is 11.6 Å². The minimum atomic E-state index is 0.360. The van der Waals surface area contributed by atoms with Gasteiger partial charge in [0.05, 0.1) is 22.3 Å². The lowest BCUT2D eigenvalue weighted by atomic mass is 10.1. The zero-order chi connectivity index (χ0) is 14.3. The lowest BCUT2D eigenvalue weighted by Crippen LogP contribution is -1.92. The van der Waals surface area contributed by atoms with Gasteiger partial charge < -0.3 is 4.40 Å². The van der Waals surface area contributed by atoms with Crippen molar-refractivity contribution < 1.29 is 0 Å². The van der Waals surface area contributed by atoms with E-state index in [1.54, 1.807) is 12.1 Å². The first-order valence-corrected chi connectivity index (χ1v) is 7.39. The molecule has 3 rings (SSSR count). The van der Waals surface area contributed by atoms with Gasteiger partial charge >= 0.3 is 0 Å².